The molecule has 0 radical (unpaired) electrons. The van der Waals surface area contributed by atoms with E-state index in [0.29, 0.717) is 36.7 Å². The van der Waals surface area contributed by atoms with Crippen LogP contribution in [0, 0.1) is 16.7 Å². The van der Waals surface area contributed by atoms with Gasteiger partial charge in [0.2, 0.25) is 0 Å². The lowest BCUT2D eigenvalue weighted by Crippen LogP contribution is -2.13. The van der Waals surface area contributed by atoms with Gasteiger partial charge < -0.3 is 9.47 Å². The van der Waals surface area contributed by atoms with E-state index in [-0.39, 0.29) is 0 Å². The molecule has 0 heterocycles. The van der Waals surface area contributed by atoms with Gasteiger partial charge in [0.25, 0.3) is 0 Å². The summed E-state index contributed by atoms with van der Waals surface area (Å²) in [7, 11) is 0. The molecule has 4 heteroatoms. The van der Waals surface area contributed by atoms with Gasteiger partial charge in [-0.15, -0.1) is 0 Å². The zero-order chi connectivity index (χ0) is 14.3. The van der Waals surface area contributed by atoms with Crippen LogP contribution in [0.1, 0.15) is 37.6 Å². The van der Waals surface area contributed by atoms with Crippen LogP contribution in [0.5, 0.6) is 11.5 Å². The number of benzene rings is 1. The zero-order valence-corrected chi connectivity index (χ0v) is 11.6. The van der Waals surface area contributed by atoms with Crippen molar-refractivity contribution in [3.8, 4) is 17.6 Å². The molecule has 0 aliphatic rings. The highest BCUT2D eigenvalue weighted by Gasteiger charge is 2.17. The quantitative estimate of drug-likeness (QED) is 0.707. The molecule has 19 heavy (non-hydrogen) atoms. The minimum absolute atomic E-state index is 0.408. The van der Waals surface area contributed by atoms with Crippen LogP contribution >= 0.6 is 0 Å². The van der Waals surface area contributed by atoms with Crippen LogP contribution in [-0.4, -0.2) is 19.5 Å². The maximum atomic E-state index is 10.7. The summed E-state index contributed by atoms with van der Waals surface area (Å²) in [6, 6.07) is 7.28. The van der Waals surface area contributed by atoms with Crippen molar-refractivity contribution in [3.63, 3.8) is 0 Å². The number of carbonyl (C=O) groups is 1. The standard InChI is InChI=1S/C15H19NO3/c1-4-18-14-9-12(10-17)5-6-13(14)19-8-7-15(2,3)11-16/h5-6,9-10H,4,7-8H2,1-3H3. The van der Waals surface area contributed by atoms with E-state index in [1.54, 1.807) is 18.2 Å². The maximum Gasteiger partial charge on any atom is 0.161 e. The Morgan fingerprint density at radius 3 is 2.63 bits per heavy atom. The molecule has 0 saturated carbocycles. The molecule has 102 valence electrons. The third kappa shape index (κ3) is 4.63. The third-order valence-electron chi connectivity index (χ3n) is 2.69. The monoisotopic (exact) mass is 261 g/mol. The fraction of sp³-hybridized carbons (Fsp3) is 0.467. The van der Waals surface area contributed by atoms with Gasteiger partial charge in [-0.3, -0.25) is 4.79 Å². The summed E-state index contributed by atoms with van der Waals surface area (Å²) in [6.07, 6.45) is 1.40. The molecule has 0 spiro atoms. The fourth-order valence-corrected chi connectivity index (χ4v) is 1.46. The van der Waals surface area contributed by atoms with Crippen molar-refractivity contribution >= 4 is 6.29 Å². The van der Waals surface area contributed by atoms with E-state index in [1.807, 2.05) is 20.8 Å². The highest BCUT2D eigenvalue weighted by molar-refractivity contribution is 5.76. The molecule has 0 aliphatic heterocycles. The summed E-state index contributed by atoms with van der Waals surface area (Å²) in [5.41, 5.74) is 0.141. The van der Waals surface area contributed by atoms with Crippen molar-refractivity contribution in [1.82, 2.24) is 0 Å². The van der Waals surface area contributed by atoms with Gasteiger partial charge in [0.05, 0.1) is 24.7 Å². The molecule has 0 amide bonds. The van der Waals surface area contributed by atoms with E-state index in [9.17, 15) is 4.79 Å². The van der Waals surface area contributed by atoms with Crippen LogP contribution in [0.2, 0.25) is 0 Å². The number of rotatable bonds is 7. The lowest BCUT2D eigenvalue weighted by Gasteiger charge is -2.17. The van der Waals surface area contributed by atoms with Crippen molar-refractivity contribution in [2.24, 2.45) is 5.41 Å². The van der Waals surface area contributed by atoms with Crippen molar-refractivity contribution < 1.29 is 14.3 Å². The summed E-state index contributed by atoms with van der Waals surface area (Å²) >= 11 is 0. The predicted molar refractivity (Wildman–Crippen MR) is 72.5 cm³/mol. The Labute approximate surface area is 113 Å². The second-order valence-electron chi connectivity index (χ2n) is 4.85. The Bertz CT molecular complexity index is 475. The smallest absolute Gasteiger partial charge is 0.161 e. The first kappa shape index (κ1) is 15.0. The first-order valence-electron chi connectivity index (χ1n) is 6.28. The van der Waals surface area contributed by atoms with Crippen LogP contribution in [-0.2, 0) is 0 Å². The number of aldehydes is 1. The number of carbonyl (C=O) groups excluding carboxylic acids is 1. The summed E-state index contributed by atoms with van der Waals surface area (Å²) in [5.74, 6) is 1.16. The number of ether oxygens (including phenoxy) is 2. The Morgan fingerprint density at radius 2 is 2.05 bits per heavy atom. The number of nitriles is 1. The van der Waals surface area contributed by atoms with Crippen LogP contribution < -0.4 is 9.47 Å². The van der Waals surface area contributed by atoms with E-state index in [4.69, 9.17) is 14.7 Å². The first-order chi connectivity index (χ1) is 9.02. The average molecular weight is 261 g/mol. The van der Waals surface area contributed by atoms with Crippen molar-refractivity contribution in [2.45, 2.75) is 27.2 Å². The second kappa shape index (κ2) is 6.79. The number of nitrogens with zero attached hydrogens (tertiary/aromatic N) is 1. The molecule has 0 N–H and O–H groups in total. The van der Waals surface area contributed by atoms with E-state index < -0.39 is 5.41 Å². The third-order valence-corrected chi connectivity index (χ3v) is 2.69. The predicted octanol–water partition coefficient (Wildman–Crippen LogP) is 3.22. The van der Waals surface area contributed by atoms with Gasteiger partial charge in [0.1, 0.15) is 6.29 Å². The molecule has 1 aromatic rings. The van der Waals surface area contributed by atoms with E-state index in [0.717, 1.165) is 6.29 Å². The molecule has 0 bridgehead atoms. The lowest BCUT2D eigenvalue weighted by atomic mass is 9.92. The first-order valence-corrected chi connectivity index (χ1v) is 6.28. The number of hydrogen-bond acceptors (Lipinski definition) is 4. The maximum absolute atomic E-state index is 10.7. The molecule has 0 unspecified atom stereocenters. The number of hydrogen-bond donors (Lipinski definition) is 0. The lowest BCUT2D eigenvalue weighted by molar-refractivity contribution is 0.112. The highest BCUT2D eigenvalue weighted by atomic mass is 16.5. The van der Waals surface area contributed by atoms with Gasteiger partial charge in [-0.05, 0) is 45.4 Å². The normalized spacial score (nSPS) is 10.6. The van der Waals surface area contributed by atoms with Gasteiger partial charge in [0, 0.05) is 5.56 Å². The van der Waals surface area contributed by atoms with Gasteiger partial charge in [-0.25, -0.2) is 0 Å². The SMILES string of the molecule is CCOc1cc(C=O)ccc1OCCC(C)(C)C#N. The van der Waals surface area contributed by atoms with Crippen LogP contribution in [0.4, 0.5) is 0 Å². The molecule has 0 aliphatic carbocycles. The van der Waals surface area contributed by atoms with Gasteiger partial charge >= 0.3 is 0 Å². The van der Waals surface area contributed by atoms with Crippen LogP contribution in [0.25, 0.3) is 0 Å². The highest BCUT2D eigenvalue weighted by Crippen LogP contribution is 2.29. The molecular formula is C15H19NO3. The van der Waals surface area contributed by atoms with Crippen molar-refractivity contribution in [2.75, 3.05) is 13.2 Å². The van der Waals surface area contributed by atoms with E-state index in [2.05, 4.69) is 6.07 Å². The van der Waals surface area contributed by atoms with E-state index in [1.165, 1.54) is 0 Å². The summed E-state index contributed by atoms with van der Waals surface area (Å²) in [4.78, 5) is 10.7. The fourth-order valence-electron chi connectivity index (χ4n) is 1.46. The molecular weight excluding hydrogens is 242 g/mol. The average Bonchev–Trinajstić information content (AvgIpc) is 2.40. The van der Waals surface area contributed by atoms with Gasteiger partial charge in [0.15, 0.2) is 11.5 Å². The topological polar surface area (TPSA) is 59.3 Å². The van der Waals surface area contributed by atoms with Gasteiger partial charge in [-0.2, -0.15) is 5.26 Å². The zero-order valence-electron chi connectivity index (χ0n) is 11.6. The largest absolute Gasteiger partial charge is 0.490 e. The minimum Gasteiger partial charge on any atom is -0.490 e. The summed E-state index contributed by atoms with van der Waals surface area (Å²) in [5, 5.41) is 8.93. The Hall–Kier alpha value is -2.02. The second-order valence-corrected chi connectivity index (χ2v) is 4.85. The molecule has 1 aromatic carbocycles. The summed E-state index contributed by atoms with van der Waals surface area (Å²) in [6.45, 7) is 6.55. The molecule has 0 saturated heterocycles. The molecule has 0 atom stereocenters. The van der Waals surface area contributed by atoms with Crippen LogP contribution in [0.3, 0.4) is 0 Å². The molecule has 4 nitrogen and oxygen atoms in total. The summed E-state index contributed by atoms with van der Waals surface area (Å²) < 4.78 is 11.1. The Morgan fingerprint density at radius 1 is 1.32 bits per heavy atom. The Balaban J connectivity index is 2.72. The minimum atomic E-state index is -0.408. The van der Waals surface area contributed by atoms with E-state index >= 15 is 0 Å². The van der Waals surface area contributed by atoms with Gasteiger partial charge in [-0.1, -0.05) is 0 Å². The molecule has 1 rings (SSSR count). The molecule has 0 fully saturated rings. The van der Waals surface area contributed by atoms with Crippen LogP contribution in [0.15, 0.2) is 18.2 Å². The molecule has 0 aromatic heterocycles. The Kier molecular flexibility index (Phi) is 5.37. The van der Waals surface area contributed by atoms with Crippen molar-refractivity contribution in [3.05, 3.63) is 23.8 Å². The van der Waals surface area contributed by atoms with Crippen molar-refractivity contribution in [1.29, 1.82) is 5.26 Å².